The lowest BCUT2D eigenvalue weighted by Gasteiger charge is -2.39. The van der Waals surface area contributed by atoms with Crippen molar-refractivity contribution in [1.82, 2.24) is 20.4 Å². The highest BCUT2D eigenvalue weighted by atomic mass is 16.2. The number of nitrogens with zero attached hydrogens (tertiary/aromatic N) is 2. The highest BCUT2D eigenvalue weighted by molar-refractivity contribution is 5.92. The molecule has 1 aromatic heterocycles. The molecule has 1 aromatic carbocycles. The summed E-state index contributed by atoms with van der Waals surface area (Å²) in [5.41, 5.74) is 1.95. The number of urea groups is 1. The number of hydrogen-bond donors (Lipinski definition) is 3. The molecule has 6 heteroatoms. The van der Waals surface area contributed by atoms with E-state index in [1.165, 1.54) is 51.6 Å². The molecule has 2 fully saturated rings. The predicted octanol–water partition coefficient (Wildman–Crippen LogP) is 3.09. The van der Waals surface area contributed by atoms with E-state index >= 15 is 0 Å². The first-order valence-corrected chi connectivity index (χ1v) is 8.98. The Bertz CT molecular complexity index is 713. The van der Waals surface area contributed by atoms with E-state index in [2.05, 4.69) is 25.7 Å². The van der Waals surface area contributed by atoms with Crippen LogP contribution >= 0.6 is 0 Å². The number of aromatic nitrogens is 2. The molecular weight excluding hydrogens is 302 g/mol. The summed E-state index contributed by atoms with van der Waals surface area (Å²) in [6.07, 6.45) is 9.30. The van der Waals surface area contributed by atoms with Crippen molar-refractivity contribution in [3.05, 3.63) is 24.4 Å². The summed E-state index contributed by atoms with van der Waals surface area (Å²) >= 11 is 0. The van der Waals surface area contributed by atoms with Gasteiger partial charge in [0.25, 0.3) is 0 Å². The molecule has 24 heavy (non-hydrogen) atoms. The van der Waals surface area contributed by atoms with Crippen molar-refractivity contribution in [3.63, 3.8) is 0 Å². The lowest BCUT2D eigenvalue weighted by molar-refractivity contribution is 0.122. The van der Waals surface area contributed by atoms with E-state index in [0.717, 1.165) is 23.1 Å². The number of benzene rings is 1. The average molecular weight is 327 g/mol. The number of fused-ring (bicyclic) bond motifs is 1. The SMILES string of the molecule is O=C(NCC1(N2CCCC2)CCCC1)Nc1ccc2[nH]ncc2c1. The molecule has 0 spiro atoms. The van der Waals surface area contributed by atoms with Crippen molar-refractivity contribution in [1.29, 1.82) is 0 Å². The smallest absolute Gasteiger partial charge is 0.319 e. The Morgan fingerprint density at radius 3 is 2.79 bits per heavy atom. The lowest BCUT2D eigenvalue weighted by Crippen LogP contribution is -2.53. The molecule has 0 bridgehead atoms. The summed E-state index contributed by atoms with van der Waals surface area (Å²) in [4.78, 5) is 14.9. The molecular formula is C18H25N5O. The summed E-state index contributed by atoms with van der Waals surface area (Å²) in [6.45, 7) is 3.10. The molecule has 0 radical (unpaired) electrons. The van der Waals surface area contributed by atoms with E-state index in [4.69, 9.17) is 0 Å². The number of H-pyrrole nitrogens is 1. The average Bonchev–Trinajstić information content (AvgIpc) is 3.32. The van der Waals surface area contributed by atoms with Gasteiger partial charge in [0, 0.05) is 23.2 Å². The van der Waals surface area contributed by atoms with Crippen molar-refractivity contribution in [2.45, 2.75) is 44.1 Å². The van der Waals surface area contributed by atoms with Crippen LogP contribution in [0.2, 0.25) is 0 Å². The maximum atomic E-state index is 12.3. The Morgan fingerprint density at radius 2 is 2.00 bits per heavy atom. The van der Waals surface area contributed by atoms with Crippen molar-refractivity contribution in [3.8, 4) is 0 Å². The Hall–Kier alpha value is -2.08. The number of likely N-dealkylation sites (tertiary alicyclic amines) is 1. The third-order valence-electron chi connectivity index (χ3n) is 5.59. The highest BCUT2D eigenvalue weighted by Gasteiger charge is 2.40. The van der Waals surface area contributed by atoms with Gasteiger partial charge in [-0.1, -0.05) is 12.8 Å². The molecule has 1 saturated carbocycles. The van der Waals surface area contributed by atoms with Gasteiger partial charge < -0.3 is 10.6 Å². The number of carbonyl (C=O) groups excluding carboxylic acids is 1. The standard InChI is InChI=1S/C18H25N5O/c24-17(21-15-5-6-16-14(11-15)12-20-22-16)19-13-18(7-1-2-8-18)23-9-3-4-10-23/h5-6,11-12H,1-4,7-10,13H2,(H,20,22)(H2,19,21,24). The van der Waals surface area contributed by atoms with Crippen molar-refractivity contribution < 1.29 is 4.79 Å². The second-order valence-corrected chi connectivity index (χ2v) is 7.11. The van der Waals surface area contributed by atoms with Crippen molar-refractivity contribution in [2.24, 2.45) is 0 Å². The van der Waals surface area contributed by atoms with Gasteiger partial charge in [-0.2, -0.15) is 5.10 Å². The fourth-order valence-electron chi connectivity index (χ4n) is 4.27. The third-order valence-corrected chi connectivity index (χ3v) is 5.59. The normalized spacial score (nSPS) is 20.5. The van der Waals surface area contributed by atoms with E-state index in [1.54, 1.807) is 6.20 Å². The molecule has 1 aliphatic carbocycles. The maximum Gasteiger partial charge on any atom is 0.319 e. The second-order valence-electron chi connectivity index (χ2n) is 7.11. The number of amides is 2. The van der Waals surface area contributed by atoms with E-state index in [-0.39, 0.29) is 11.6 Å². The van der Waals surface area contributed by atoms with Gasteiger partial charge in [-0.25, -0.2) is 4.79 Å². The van der Waals surface area contributed by atoms with Crippen LogP contribution < -0.4 is 10.6 Å². The number of anilines is 1. The first-order valence-electron chi connectivity index (χ1n) is 8.98. The molecule has 0 atom stereocenters. The molecule has 2 aliphatic rings. The molecule has 2 aromatic rings. The molecule has 6 nitrogen and oxygen atoms in total. The van der Waals surface area contributed by atoms with Gasteiger partial charge in [0.05, 0.1) is 11.7 Å². The minimum atomic E-state index is -0.122. The zero-order valence-electron chi connectivity index (χ0n) is 14.0. The Labute approximate surface area is 142 Å². The van der Waals surface area contributed by atoms with Crippen LogP contribution in [0.1, 0.15) is 38.5 Å². The van der Waals surface area contributed by atoms with Gasteiger partial charge in [0.15, 0.2) is 0 Å². The van der Waals surface area contributed by atoms with Crippen LogP contribution in [0.4, 0.5) is 10.5 Å². The molecule has 1 aliphatic heterocycles. The monoisotopic (exact) mass is 327 g/mol. The van der Waals surface area contributed by atoms with Gasteiger partial charge in [-0.3, -0.25) is 10.00 Å². The van der Waals surface area contributed by atoms with Crippen LogP contribution in [-0.4, -0.2) is 46.3 Å². The number of rotatable bonds is 4. The predicted molar refractivity (Wildman–Crippen MR) is 95.1 cm³/mol. The van der Waals surface area contributed by atoms with E-state index in [0.29, 0.717) is 0 Å². The van der Waals surface area contributed by atoms with Crippen LogP contribution in [0.15, 0.2) is 24.4 Å². The minimum absolute atomic E-state index is 0.122. The van der Waals surface area contributed by atoms with Gasteiger partial charge in [0.1, 0.15) is 0 Å². The number of nitrogens with one attached hydrogen (secondary N) is 3. The van der Waals surface area contributed by atoms with Crippen molar-refractivity contribution >= 4 is 22.6 Å². The highest BCUT2D eigenvalue weighted by Crippen LogP contribution is 2.36. The lowest BCUT2D eigenvalue weighted by atomic mass is 9.95. The summed E-state index contributed by atoms with van der Waals surface area (Å²) in [6, 6.07) is 5.64. The van der Waals surface area contributed by atoms with Gasteiger partial charge in [-0.05, 0) is 57.0 Å². The zero-order chi connectivity index (χ0) is 16.4. The van der Waals surface area contributed by atoms with Gasteiger partial charge in [-0.15, -0.1) is 0 Å². The molecule has 1 saturated heterocycles. The molecule has 4 rings (SSSR count). The van der Waals surface area contributed by atoms with Crippen LogP contribution in [0.25, 0.3) is 10.9 Å². The van der Waals surface area contributed by atoms with Crippen LogP contribution in [0, 0.1) is 0 Å². The minimum Gasteiger partial charge on any atom is -0.336 e. The second kappa shape index (κ2) is 6.43. The van der Waals surface area contributed by atoms with Crippen molar-refractivity contribution in [2.75, 3.05) is 25.0 Å². The van der Waals surface area contributed by atoms with Gasteiger partial charge >= 0.3 is 6.03 Å². The summed E-state index contributed by atoms with van der Waals surface area (Å²) in [5.74, 6) is 0. The van der Waals surface area contributed by atoms with Gasteiger partial charge in [0.2, 0.25) is 0 Å². The van der Waals surface area contributed by atoms with Crippen LogP contribution in [-0.2, 0) is 0 Å². The zero-order valence-corrected chi connectivity index (χ0v) is 14.0. The van der Waals surface area contributed by atoms with Crippen LogP contribution in [0.5, 0.6) is 0 Å². The third kappa shape index (κ3) is 2.98. The first-order chi connectivity index (χ1) is 11.8. The topological polar surface area (TPSA) is 73.1 Å². The summed E-state index contributed by atoms with van der Waals surface area (Å²) in [7, 11) is 0. The Balaban J connectivity index is 1.38. The van der Waals surface area contributed by atoms with Crippen LogP contribution in [0.3, 0.4) is 0 Å². The number of hydrogen-bond acceptors (Lipinski definition) is 3. The molecule has 2 amide bonds. The molecule has 2 heterocycles. The maximum absolute atomic E-state index is 12.3. The molecule has 0 unspecified atom stereocenters. The van der Waals surface area contributed by atoms with E-state index < -0.39 is 0 Å². The Morgan fingerprint density at radius 1 is 1.21 bits per heavy atom. The first kappa shape index (κ1) is 15.4. The Kier molecular flexibility index (Phi) is 4.14. The number of aromatic amines is 1. The fourth-order valence-corrected chi connectivity index (χ4v) is 4.27. The van der Waals surface area contributed by atoms with E-state index in [9.17, 15) is 4.79 Å². The number of carbonyl (C=O) groups is 1. The van der Waals surface area contributed by atoms with E-state index in [1.807, 2.05) is 18.2 Å². The summed E-state index contributed by atoms with van der Waals surface area (Å²) < 4.78 is 0. The molecule has 128 valence electrons. The quantitative estimate of drug-likeness (QED) is 0.808. The molecule has 3 N–H and O–H groups in total. The fraction of sp³-hybridized carbons (Fsp3) is 0.556. The summed E-state index contributed by atoms with van der Waals surface area (Å²) in [5, 5.41) is 14.0. The largest absolute Gasteiger partial charge is 0.336 e.